The maximum Gasteiger partial charge on any atom is 0.319 e. The summed E-state index contributed by atoms with van der Waals surface area (Å²) in [5.74, 6) is 1.24. The van der Waals surface area contributed by atoms with Crippen LogP contribution in [-0.2, 0) is 0 Å². The van der Waals surface area contributed by atoms with Crippen LogP contribution in [-0.4, -0.2) is 70.6 Å². The quantitative estimate of drug-likeness (QED) is 0.842. The van der Waals surface area contributed by atoms with E-state index in [-0.39, 0.29) is 12.1 Å². The third-order valence-corrected chi connectivity index (χ3v) is 5.01. The zero-order valence-electron chi connectivity index (χ0n) is 16.0. The first-order valence-corrected chi connectivity index (χ1v) is 9.14. The summed E-state index contributed by atoms with van der Waals surface area (Å²) < 4.78 is 5.46. The lowest BCUT2D eigenvalue weighted by Gasteiger charge is -2.38. The minimum absolute atomic E-state index is 0.0541. The Hall–Kier alpha value is -2.41. The second-order valence-electron chi connectivity index (χ2n) is 6.82. The molecule has 3 rings (SSSR count). The molecular formula is C19H27N5O2. The number of hydrogen-bond donors (Lipinski definition) is 0. The van der Waals surface area contributed by atoms with Gasteiger partial charge in [-0.05, 0) is 32.9 Å². The summed E-state index contributed by atoms with van der Waals surface area (Å²) in [7, 11) is 1.84. The van der Waals surface area contributed by atoms with Gasteiger partial charge in [0.05, 0.1) is 6.04 Å². The molecule has 1 aliphatic heterocycles. The SMILES string of the molecule is CCN(C)C(=O)N1CCN(C(C)c2noc(-c3cccc(C)c3)n2)CC1. The average molecular weight is 357 g/mol. The van der Waals surface area contributed by atoms with Crippen LogP contribution in [0.4, 0.5) is 4.79 Å². The van der Waals surface area contributed by atoms with Gasteiger partial charge in [0.2, 0.25) is 0 Å². The number of aromatic nitrogens is 2. The lowest BCUT2D eigenvalue weighted by atomic mass is 10.1. The van der Waals surface area contributed by atoms with Gasteiger partial charge in [0.15, 0.2) is 5.82 Å². The van der Waals surface area contributed by atoms with Gasteiger partial charge in [-0.1, -0.05) is 22.9 Å². The predicted octanol–water partition coefficient (Wildman–Crippen LogP) is 2.80. The van der Waals surface area contributed by atoms with Crippen LogP contribution >= 0.6 is 0 Å². The van der Waals surface area contributed by atoms with Crippen LogP contribution in [0, 0.1) is 6.92 Å². The number of rotatable bonds is 4. The maximum absolute atomic E-state index is 12.3. The number of amides is 2. The summed E-state index contributed by atoms with van der Waals surface area (Å²) in [5, 5.41) is 4.18. The van der Waals surface area contributed by atoms with Crippen molar-refractivity contribution >= 4 is 6.03 Å². The minimum atomic E-state index is 0.0541. The molecule has 26 heavy (non-hydrogen) atoms. The molecule has 0 aliphatic carbocycles. The molecule has 1 unspecified atom stereocenters. The molecule has 2 amide bonds. The van der Waals surface area contributed by atoms with E-state index in [9.17, 15) is 4.79 Å². The molecule has 0 N–H and O–H groups in total. The van der Waals surface area contributed by atoms with E-state index in [1.165, 1.54) is 0 Å². The molecule has 1 aromatic carbocycles. The van der Waals surface area contributed by atoms with Gasteiger partial charge in [0.25, 0.3) is 5.89 Å². The highest BCUT2D eigenvalue weighted by Crippen LogP contribution is 2.24. The predicted molar refractivity (Wildman–Crippen MR) is 99.7 cm³/mol. The Morgan fingerprint density at radius 1 is 1.31 bits per heavy atom. The lowest BCUT2D eigenvalue weighted by molar-refractivity contribution is 0.0966. The van der Waals surface area contributed by atoms with Crippen molar-refractivity contribution in [2.45, 2.75) is 26.8 Å². The summed E-state index contributed by atoms with van der Waals surface area (Å²) in [4.78, 5) is 22.8. The van der Waals surface area contributed by atoms with E-state index in [2.05, 4.69) is 22.0 Å². The van der Waals surface area contributed by atoms with Crippen LogP contribution in [0.5, 0.6) is 0 Å². The Kier molecular flexibility index (Phi) is 5.56. The van der Waals surface area contributed by atoms with E-state index in [0.717, 1.165) is 43.9 Å². The first-order chi connectivity index (χ1) is 12.5. The fourth-order valence-corrected chi connectivity index (χ4v) is 3.14. The lowest BCUT2D eigenvalue weighted by Crippen LogP contribution is -2.52. The summed E-state index contributed by atoms with van der Waals surface area (Å²) >= 11 is 0. The van der Waals surface area contributed by atoms with Gasteiger partial charge in [0, 0.05) is 45.3 Å². The second-order valence-corrected chi connectivity index (χ2v) is 6.82. The van der Waals surface area contributed by atoms with Gasteiger partial charge in [0.1, 0.15) is 0 Å². The number of benzene rings is 1. The van der Waals surface area contributed by atoms with Gasteiger partial charge >= 0.3 is 6.03 Å². The van der Waals surface area contributed by atoms with E-state index in [4.69, 9.17) is 4.52 Å². The molecule has 140 valence electrons. The highest BCUT2D eigenvalue weighted by molar-refractivity contribution is 5.74. The van der Waals surface area contributed by atoms with Crippen LogP contribution in [0.15, 0.2) is 28.8 Å². The Balaban J connectivity index is 1.62. The number of nitrogens with zero attached hydrogens (tertiary/aromatic N) is 5. The standard InChI is InChI=1S/C19H27N5O2/c1-5-22(4)19(25)24-11-9-23(10-12-24)15(3)17-20-18(26-21-17)16-8-6-7-14(2)13-16/h6-8,13,15H,5,9-12H2,1-4H3. The summed E-state index contributed by atoms with van der Waals surface area (Å²) in [6.07, 6.45) is 0. The van der Waals surface area contributed by atoms with Crippen molar-refractivity contribution in [3.63, 3.8) is 0 Å². The van der Waals surface area contributed by atoms with Gasteiger partial charge < -0.3 is 14.3 Å². The van der Waals surface area contributed by atoms with Gasteiger partial charge in [-0.2, -0.15) is 4.98 Å². The summed E-state index contributed by atoms with van der Waals surface area (Å²) in [6, 6.07) is 8.20. The van der Waals surface area contributed by atoms with Crippen molar-refractivity contribution < 1.29 is 9.32 Å². The number of hydrogen-bond acceptors (Lipinski definition) is 5. The monoisotopic (exact) mass is 357 g/mol. The number of carbonyl (C=O) groups excluding carboxylic acids is 1. The fraction of sp³-hybridized carbons (Fsp3) is 0.526. The zero-order chi connectivity index (χ0) is 18.7. The number of urea groups is 1. The highest BCUT2D eigenvalue weighted by Gasteiger charge is 2.28. The first-order valence-electron chi connectivity index (χ1n) is 9.14. The van der Waals surface area contributed by atoms with E-state index < -0.39 is 0 Å². The largest absolute Gasteiger partial charge is 0.334 e. The van der Waals surface area contributed by atoms with Crippen LogP contribution in [0.3, 0.4) is 0 Å². The molecule has 1 saturated heterocycles. The molecule has 1 aromatic heterocycles. The van der Waals surface area contributed by atoms with Gasteiger partial charge in [-0.3, -0.25) is 4.90 Å². The minimum Gasteiger partial charge on any atom is -0.334 e. The van der Waals surface area contributed by atoms with Crippen molar-refractivity contribution in [3.05, 3.63) is 35.7 Å². The molecule has 2 heterocycles. The molecule has 1 atom stereocenters. The van der Waals surface area contributed by atoms with E-state index >= 15 is 0 Å². The smallest absolute Gasteiger partial charge is 0.319 e. The molecule has 0 radical (unpaired) electrons. The Morgan fingerprint density at radius 3 is 2.69 bits per heavy atom. The van der Waals surface area contributed by atoms with E-state index in [1.807, 2.05) is 50.1 Å². The molecular weight excluding hydrogens is 330 g/mol. The molecule has 0 saturated carbocycles. The third kappa shape index (κ3) is 3.88. The second kappa shape index (κ2) is 7.86. The number of carbonyl (C=O) groups is 1. The average Bonchev–Trinajstić information content (AvgIpc) is 3.16. The van der Waals surface area contributed by atoms with Crippen molar-refractivity contribution in [2.24, 2.45) is 0 Å². The number of piperazine rings is 1. The Labute approximate surface area is 154 Å². The normalized spacial score (nSPS) is 16.5. The van der Waals surface area contributed by atoms with Crippen molar-refractivity contribution in [1.29, 1.82) is 0 Å². The van der Waals surface area contributed by atoms with Gasteiger partial charge in [-0.25, -0.2) is 4.79 Å². The molecule has 7 heteroatoms. The molecule has 2 aromatic rings. The Bertz CT molecular complexity index is 752. The number of aryl methyl sites for hydroxylation is 1. The van der Waals surface area contributed by atoms with Crippen LogP contribution in [0.1, 0.15) is 31.3 Å². The molecule has 0 spiro atoms. The van der Waals surface area contributed by atoms with Crippen molar-refractivity contribution in [2.75, 3.05) is 39.8 Å². The first kappa shape index (κ1) is 18.4. The van der Waals surface area contributed by atoms with E-state index in [1.54, 1.807) is 4.90 Å². The molecule has 1 aliphatic rings. The summed E-state index contributed by atoms with van der Waals surface area (Å²) in [6.45, 7) is 9.88. The molecule has 7 nitrogen and oxygen atoms in total. The molecule has 1 fully saturated rings. The van der Waals surface area contributed by atoms with Crippen LogP contribution in [0.2, 0.25) is 0 Å². The zero-order valence-corrected chi connectivity index (χ0v) is 16.0. The summed E-state index contributed by atoms with van der Waals surface area (Å²) in [5.41, 5.74) is 2.10. The maximum atomic E-state index is 12.3. The highest BCUT2D eigenvalue weighted by atomic mass is 16.5. The van der Waals surface area contributed by atoms with Crippen molar-refractivity contribution in [1.82, 2.24) is 24.8 Å². The van der Waals surface area contributed by atoms with Crippen LogP contribution < -0.4 is 0 Å². The van der Waals surface area contributed by atoms with Gasteiger partial charge in [-0.15, -0.1) is 0 Å². The van der Waals surface area contributed by atoms with E-state index in [0.29, 0.717) is 11.7 Å². The third-order valence-electron chi connectivity index (χ3n) is 5.01. The van der Waals surface area contributed by atoms with Crippen LogP contribution in [0.25, 0.3) is 11.5 Å². The molecule has 0 bridgehead atoms. The Morgan fingerprint density at radius 2 is 2.04 bits per heavy atom. The topological polar surface area (TPSA) is 65.7 Å². The fourth-order valence-electron chi connectivity index (χ4n) is 3.14. The van der Waals surface area contributed by atoms with Crippen molar-refractivity contribution in [3.8, 4) is 11.5 Å².